The lowest BCUT2D eigenvalue weighted by Crippen LogP contribution is -2.27. The molecule has 0 fully saturated rings. The van der Waals surface area contributed by atoms with Crippen LogP contribution in [0.2, 0.25) is 0 Å². The Kier molecular flexibility index (Phi) is 4.14. The number of thiophene rings is 1. The fourth-order valence-corrected chi connectivity index (χ4v) is 2.63. The number of nitrogens with one attached hydrogen (secondary N) is 1. The molecule has 1 aromatic heterocycles. The van der Waals surface area contributed by atoms with Crippen LogP contribution >= 0.6 is 11.3 Å². The number of benzene rings is 1. The van der Waals surface area contributed by atoms with E-state index in [0.29, 0.717) is 0 Å². The molecule has 0 aliphatic carbocycles. The van der Waals surface area contributed by atoms with Crippen LogP contribution < -0.4 is 5.32 Å². The first-order chi connectivity index (χ1) is 9.35. The lowest BCUT2D eigenvalue weighted by molar-refractivity contribution is 0.0636. The molecule has 0 saturated heterocycles. The van der Waals surface area contributed by atoms with Crippen molar-refractivity contribution in [2.75, 3.05) is 5.32 Å². The molecule has 3 nitrogen and oxygen atoms in total. The number of aryl methyl sites for hydroxylation is 1. The first-order valence-electron chi connectivity index (χ1n) is 6.48. The third-order valence-electron chi connectivity index (χ3n) is 2.63. The van der Waals surface area contributed by atoms with E-state index in [9.17, 15) is 4.79 Å². The van der Waals surface area contributed by atoms with Crippen molar-refractivity contribution >= 4 is 23.1 Å². The first kappa shape index (κ1) is 14.6. The second kappa shape index (κ2) is 5.67. The minimum Gasteiger partial charge on any atom is -0.444 e. The Labute approximate surface area is 123 Å². The van der Waals surface area contributed by atoms with Crippen LogP contribution in [0.3, 0.4) is 0 Å². The summed E-state index contributed by atoms with van der Waals surface area (Å²) in [5.74, 6) is 0. The summed E-state index contributed by atoms with van der Waals surface area (Å²) in [6.07, 6.45) is -0.426. The molecule has 4 heteroatoms. The molecule has 0 unspecified atom stereocenters. The summed E-state index contributed by atoms with van der Waals surface area (Å²) in [6, 6.07) is 8.20. The van der Waals surface area contributed by atoms with Crippen LogP contribution in [0.25, 0.3) is 11.1 Å². The summed E-state index contributed by atoms with van der Waals surface area (Å²) in [4.78, 5) is 11.8. The van der Waals surface area contributed by atoms with Crippen molar-refractivity contribution in [3.05, 3.63) is 40.6 Å². The molecule has 0 saturated carbocycles. The standard InChI is InChI=1S/C16H19NO2S/c1-11-6-5-7-12(8-11)13-9-20-10-14(13)17-15(18)19-16(2,3)4/h5-10H,1-4H3,(H,17,18). The Bertz CT molecular complexity index is 611. The van der Waals surface area contributed by atoms with Crippen LogP contribution in [0, 0.1) is 6.92 Å². The quantitative estimate of drug-likeness (QED) is 0.838. The molecular weight excluding hydrogens is 270 g/mol. The molecule has 1 N–H and O–H groups in total. The lowest BCUT2D eigenvalue weighted by Gasteiger charge is -2.19. The molecule has 0 aliphatic rings. The van der Waals surface area contributed by atoms with Gasteiger partial charge in [-0.2, -0.15) is 0 Å². The lowest BCUT2D eigenvalue weighted by atomic mass is 10.1. The molecule has 1 amide bonds. The minimum atomic E-state index is -0.496. The SMILES string of the molecule is Cc1cccc(-c2cscc2NC(=O)OC(C)(C)C)c1. The predicted molar refractivity (Wildman–Crippen MR) is 84.3 cm³/mol. The average molecular weight is 289 g/mol. The second-order valence-corrected chi connectivity index (χ2v) is 6.44. The van der Waals surface area contributed by atoms with Crippen molar-refractivity contribution in [3.8, 4) is 11.1 Å². The number of carbonyl (C=O) groups excluding carboxylic acids is 1. The number of hydrogen-bond donors (Lipinski definition) is 1. The smallest absolute Gasteiger partial charge is 0.412 e. The second-order valence-electron chi connectivity index (χ2n) is 5.70. The molecule has 0 spiro atoms. The molecule has 1 aromatic carbocycles. The van der Waals surface area contributed by atoms with Gasteiger partial charge in [0, 0.05) is 16.3 Å². The Morgan fingerprint density at radius 2 is 2.00 bits per heavy atom. The summed E-state index contributed by atoms with van der Waals surface area (Å²) < 4.78 is 5.28. The van der Waals surface area contributed by atoms with Crippen molar-refractivity contribution in [1.29, 1.82) is 0 Å². The molecule has 0 bridgehead atoms. The van der Waals surface area contributed by atoms with Crippen LogP contribution in [0.15, 0.2) is 35.0 Å². The fourth-order valence-electron chi connectivity index (χ4n) is 1.84. The molecule has 0 aliphatic heterocycles. The van der Waals surface area contributed by atoms with E-state index in [0.717, 1.165) is 16.8 Å². The Morgan fingerprint density at radius 3 is 2.65 bits per heavy atom. The number of hydrogen-bond acceptors (Lipinski definition) is 3. The number of ether oxygens (including phenoxy) is 1. The van der Waals surface area contributed by atoms with Crippen LogP contribution in [-0.2, 0) is 4.74 Å². The summed E-state index contributed by atoms with van der Waals surface area (Å²) in [7, 11) is 0. The van der Waals surface area contributed by atoms with E-state index in [1.165, 1.54) is 5.56 Å². The number of carbonyl (C=O) groups is 1. The third kappa shape index (κ3) is 3.84. The molecular formula is C16H19NO2S. The van der Waals surface area contributed by atoms with Crippen LogP contribution in [0.1, 0.15) is 26.3 Å². The van der Waals surface area contributed by atoms with Crippen molar-refractivity contribution in [3.63, 3.8) is 0 Å². The van der Waals surface area contributed by atoms with Crippen molar-refractivity contribution < 1.29 is 9.53 Å². The van der Waals surface area contributed by atoms with Crippen molar-refractivity contribution in [2.45, 2.75) is 33.3 Å². The Balaban J connectivity index is 2.19. The molecule has 2 aromatic rings. The van der Waals surface area contributed by atoms with E-state index < -0.39 is 11.7 Å². The summed E-state index contributed by atoms with van der Waals surface area (Å²) in [6.45, 7) is 7.60. The van der Waals surface area contributed by atoms with Gasteiger partial charge < -0.3 is 4.74 Å². The van der Waals surface area contributed by atoms with Gasteiger partial charge >= 0.3 is 6.09 Å². The van der Waals surface area contributed by atoms with Gasteiger partial charge in [-0.25, -0.2) is 4.79 Å². The van der Waals surface area contributed by atoms with Gasteiger partial charge in [0.1, 0.15) is 5.60 Å². The number of amides is 1. The fraction of sp³-hybridized carbons (Fsp3) is 0.312. The highest BCUT2D eigenvalue weighted by molar-refractivity contribution is 7.08. The Morgan fingerprint density at radius 1 is 1.25 bits per heavy atom. The summed E-state index contributed by atoms with van der Waals surface area (Å²) >= 11 is 1.56. The van der Waals surface area contributed by atoms with Gasteiger partial charge in [-0.3, -0.25) is 5.32 Å². The summed E-state index contributed by atoms with van der Waals surface area (Å²) in [5.41, 5.74) is 3.59. The Hall–Kier alpha value is -1.81. The van der Waals surface area contributed by atoms with E-state index in [1.54, 1.807) is 11.3 Å². The molecule has 20 heavy (non-hydrogen) atoms. The highest BCUT2D eigenvalue weighted by atomic mass is 32.1. The largest absolute Gasteiger partial charge is 0.444 e. The first-order valence-corrected chi connectivity index (χ1v) is 7.43. The highest BCUT2D eigenvalue weighted by Crippen LogP contribution is 2.32. The average Bonchev–Trinajstić information content (AvgIpc) is 2.74. The zero-order chi connectivity index (χ0) is 14.8. The maximum Gasteiger partial charge on any atom is 0.412 e. The van der Waals surface area contributed by atoms with E-state index in [-0.39, 0.29) is 0 Å². The van der Waals surface area contributed by atoms with Crippen LogP contribution in [0.5, 0.6) is 0 Å². The van der Waals surface area contributed by atoms with Crippen LogP contribution in [0.4, 0.5) is 10.5 Å². The normalized spacial score (nSPS) is 11.2. The summed E-state index contributed by atoms with van der Waals surface area (Å²) in [5, 5.41) is 6.76. The van der Waals surface area contributed by atoms with Gasteiger partial charge in [0.05, 0.1) is 5.69 Å². The molecule has 106 valence electrons. The van der Waals surface area contributed by atoms with Gasteiger partial charge in [0.25, 0.3) is 0 Å². The molecule has 1 heterocycles. The van der Waals surface area contributed by atoms with E-state index in [2.05, 4.69) is 24.4 Å². The van der Waals surface area contributed by atoms with Crippen LogP contribution in [-0.4, -0.2) is 11.7 Å². The van der Waals surface area contributed by atoms with Gasteiger partial charge in [0.15, 0.2) is 0 Å². The van der Waals surface area contributed by atoms with E-state index in [1.807, 2.05) is 43.7 Å². The zero-order valence-corrected chi connectivity index (χ0v) is 13.0. The van der Waals surface area contributed by atoms with E-state index >= 15 is 0 Å². The topological polar surface area (TPSA) is 38.3 Å². The van der Waals surface area contributed by atoms with Gasteiger partial charge in [-0.05, 0) is 33.3 Å². The minimum absolute atomic E-state index is 0.426. The van der Waals surface area contributed by atoms with Gasteiger partial charge in [-0.1, -0.05) is 29.8 Å². The zero-order valence-electron chi connectivity index (χ0n) is 12.2. The number of rotatable bonds is 2. The van der Waals surface area contributed by atoms with Crippen molar-refractivity contribution in [1.82, 2.24) is 0 Å². The monoisotopic (exact) mass is 289 g/mol. The highest BCUT2D eigenvalue weighted by Gasteiger charge is 2.17. The maximum absolute atomic E-state index is 11.8. The van der Waals surface area contributed by atoms with Gasteiger partial charge in [0.2, 0.25) is 0 Å². The van der Waals surface area contributed by atoms with Crippen molar-refractivity contribution in [2.24, 2.45) is 0 Å². The molecule has 2 rings (SSSR count). The predicted octanol–water partition coefficient (Wildman–Crippen LogP) is 5.07. The maximum atomic E-state index is 11.8. The third-order valence-corrected chi connectivity index (χ3v) is 3.37. The van der Waals surface area contributed by atoms with Gasteiger partial charge in [-0.15, -0.1) is 11.3 Å². The van der Waals surface area contributed by atoms with E-state index in [4.69, 9.17) is 4.74 Å². The molecule has 0 atom stereocenters. The number of anilines is 1. The molecule has 0 radical (unpaired) electrons.